The van der Waals surface area contributed by atoms with Gasteiger partial charge in [-0.05, 0) is 53.6 Å². The monoisotopic (exact) mass is 440 g/mol. The van der Waals surface area contributed by atoms with Gasteiger partial charge in [-0.3, -0.25) is 9.78 Å². The smallest absolute Gasteiger partial charge is 0.352 e. The first kappa shape index (κ1) is 22.4. The van der Waals surface area contributed by atoms with Gasteiger partial charge >= 0.3 is 5.97 Å². The molecule has 9 heteroatoms. The van der Waals surface area contributed by atoms with Crippen LogP contribution in [-0.4, -0.2) is 85.1 Å². The number of hydrogen-bond acceptors (Lipinski definition) is 6. The van der Waals surface area contributed by atoms with Crippen LogP contribution in [0.3, 0.4) is 0 Å². The number of nitrogens with zero attached hydrogens (tertiary/aromatic N) is 3. The van der Waals surface area contributed by atoms with Crippen molar-refractivity contribution in [2.45, 2.75) is 25.5 Å². The predicted octanol–water partition coefficient (Wildman–Crippen LogP) is 2.22. The average Bonchev–Trinajstić information content (AvgIpc) is 3.08. The Labute approximate surface area is 205 Å². The molecule has 157 valence electrons. The van der Waals surface area contributed by atoms with E-state index in [1.807, 2.05) is 30.3 Å². The molecule has 2 aliphatic heterocycles. The van der Waals surface area contributed by atoms with E-state index in [0.717, 1.165) is 27.2 Å². The van der Waals surface area contributed by atoms with Crippen LogP contribution in [0.1, 0.15) is 24.5 Å². The molecule has 1 amide bonds. The first-order chi connectivity index (χ1) is 14.9. The fourth-order valence-electron chi connectivity index (χ4n) is 4.80. The number of carboxylic acid groups (broad SMARTS) is 1. The topological polar surface area (TPSA) is 123 Å². The van der Waals surface area contributed by atoms with Crippen molar-refractivity contribution in [2.75, 3.05) is 0 Å². The molecule has 32 heavy (non-hydrogen) atoms. The zero-order valence-electron chi connectivity index (χ0n) is 17.6. The second-order valence-electron chi connectivity index (χ2n) is 7.96. The van der Waals surface area contributed by atoms with Gasteiger partial charge in [-0.25, -0.2) is 4.79 Å². The number of fused-ring (bicyclic) bond motifs is 4. The van der Waals surface area contributed by atoms with E-state index >= 15 is 0 Å². The van der Waals surface area contributed by atoms with Crippen molar-refractivity contribution in [1.29, 1.82) is 0 Å². The summed E-state index contributed by atoms with van der Waals surface area (Å²) in [4.78, 5) is 30.2. The SMILES string of the molecule is C[C@@H](O)[C@H]1C(=O)N2C(C(=O)O)=C(c3ccc4c(cnc5ccc(/C=N/O)cc54)c3)C[C@H]12.[Na]. The number of carbonyl (C=O) groups is 2. The maximum absolute atomic E-state index is 12.5. The Morgan fingerprint density at radius 3 is 2.72 bits per heavy atom. The van der Waals surface area contributed by atoms with Crippen LogP contribution in [0.2, 0.25) is 0 Å². The van der Waals surface area contributed by atoms with E-state index in [2.05, 4.69) is 10.1 Å². The van der Waals surface area contributed by atoms with E-state index in [1.165, 1.54) is 11.1 Å². The number of aliphatic hydroxyl groups excluding tert-OH is 1. The van der Waals surface area contributed by atoms with E-state index < -0.39 is 18.0 Å². The summed E-state index contributed by atoms with van der Waals surface area (Å²) >= 11 is 0. The molecule has 2 aromatic carbocycles. The first-order valence-corrected chi connectivity index (χ1v) is 9.88. The molecule has 0 aliphatic carbocycles. The predicted molar refractivity (Wildman–Crippen MR) is 119 cm³/mol. The number of aliphatic carboxylic acids is 1. The summed E-state index contributed by atoms with van der Waals surface area (Å²) in [7, 11) is 0. The van der Waals surface area contributed by atoms with Gasteiger partial charge in [0.15, 0.2) is 0 Å². The molecular weight excluding hydrogens is 421 g/mol. The number of pyridine rings is 1. The number of oxime groups is 1. The van der Waals surface area contributed by atoms with Gasteiger partial charge in [-0.1, -0.05) is 23.4 Å². The molecule has 8 nitrogen and oxygen atoms in total. The zero-order chi connectivity index (χ0) is 21.9. The minimum absolute atomic E-state index is 0. The van der Waals surface area contributed by atoms with E-state index in [4.69, 9.17) is 5.21 Å². The molecule has 2 aliphatic rings. The molecule has 3 aromatic rings. The van der Waals surface area contributed by atoms with Crippen molar-refractivity contribution in [3.63, 3.8) is 0 Å². The van der Waals surface area contributed by atoms with Gasteiger partial charge in [0, 0.05) is 46.5 Å². The van der Waals surface area contributed by atoms with Crippen LogP contribution < -0.4 is 0 Å². The van der Waals surface area contributed by atoms with Crippen LogP contribution in [0, 0.1) is 5.92 Å². The Bertz CT molecular complexity index is 1330. The molecule has 3 atom stereocenters. The van der Waals surface area contributed by atoms with Crippen LogP contribution in [0.25, 0.3) is 27.2 Å². The van der Waals surface area contributed by atoms with Gasteiger partial charge in [0.25, 0.3) is 0 Å². The molecule has 5 rings (SSSR count). The molecule has 3 heterocycles. The normalized spacial score (nSPS) is 21.1. The quantitative estimate of drug-likeness (QED) is 0.143. The van der Waals surface area contributed by atoms with Crippen molar-refractivity contribution < 1.29 is 25.0 Å². The van der Waals surface area contributed by atoms with Gasteiger partial charge in [0.1, 0.15) is 5.70 Å². The van der Waals surface area contributed by atoms with E-state index in [-0.39, 0.29) is 47.2 Å². The fourth-order valence-corrected chi connectivity index (χ4v) is 4.80. The first-order valence-electron chi connectivity index (χ1n) is 9.88. The van der Waals surface area contributed by atoms with E-state index in [9.17, 15) is 19.8 Å². The third-order valence-electron chi connectivity index (χ3n) is 6.19. The van der Waals surface area contributed by atoms with Crippen molar-refractivity contribution in [3.8, 4) is 0 Å². The van der Waals surface area contributed by atoms with Gasteiger partial charge in [-0.2, -0.15) is 0 Å². The molecule has 1 saturated heterocycles. The number of aliphatic hydroxyl groups is 1. The minimum atomic E-state index is -1.15. The van der Waals surface area contributed by atoms with E-state index in [0.29, 0.717) is 17.6 Å². The Morgan fingerprint density at radius 1 is 1.25 bits per heavy atom. The maximum Gasteiger partial charge on any atom is 0.352 e. The Hall–Kier alpha value is -2.78. The molecular formula is C23H19N3NaO5. The van der Waals surface area contributed by atoms with Gasteiger partial charge in [0.2, 0.25) is 5.91 Å². The van der Waals surface area contributed by atoms with Gasteiger partial charge in [0.05, 0.1) is 29.8 Å². The van der Waals surface area contributed by atoms with Crippen molar-refractivity contribution in [1.82, 2.24) is 9.88 Å². The summed E-state index contributed by atoms with van der Waals surface area (Å²) in [6.07, 6.45) is 2.63. The van der Waals surface area contributed by atoms with Crippen LogP contribution in [-0.2, 0) is 9.59 Å². The van der Waals surface area contributed by atoms with Crippen LogP contribution in [0.5, 0.6) is 0 Å². The molecule has 3 N–H and O–H groups in total. The van der Waals surface area contributed by atoms with Crippen LogP contribution in [0.15, 0.2) is 53.4 Å². The summed E-state index contributed by atoms with van der Waals surface area (Å²) in [5, 5.41) is 34.2. The Kier molecular flexibility index (Phi) is 5.81. The van der Waals surface area contributed by atoms with E-state index in [1.54, 1.807) is 19.2 Å². The minimum Gasteiger partial charge on any atom is -0.477 e. The average molecular weight is 440 g/mol. The summed E-state index contributed by atoms with van der Waals surface area (Å²) in [5.74, 6) is -2.08. The fraction of sp³-hybridized carbons (Fsp3) is 0.217. The number of benzene rings is 2. The number of amides is 1. The zero-order valence-corrected chi connectivity index (χ0v) is 19.6. The molecule has 0 saturated carbocycles. The van der Waals surface area contributed by atoms with Crippen molar-refractivity contribution in [2.24, 2.45) is 11.1 Å². The second kappa shape index (κ2) is 8.29. The van der Waals surface area contributed by atoms with Crippen LogP contribution >= 0.6 is 0 Å². The molecule has 1 radical (unpaired) electrons. The van der Waals surface area contributed by atoms with Crippen LogP contribution in [0.4, 0.5) is 0 Å². The molecule has 0 unspecified atom stereocenters. The van der Waals surface area contributed by atoms with Crippen molar-refractivity contribution in [3.05, 3.63) is 59.4 Å². The third-order valence-corrected chi connectivity index (χ3v) is 6.19. The maximum atomic E-state index is 12.5. The number of aromatic nitrogens is 1. The summed E-state index contributed by atoms with van der Waals surface area (Å²) in [5.41, 5.74) is 2.80. The van der Waals surface area contributed by atoms with Gasteiger partial charge < -0.3 is 20.3 Å². The van der Waals surface area contributed by atoms with Crippen molar-refractivity contribution >= 4 is 74.9 Å². The largest absolute Gasteiger partial charge is 0.477 e. The number of hydrogen-bond donors (Lipinski definition) is 3. The standard InChI is InChI=1S/C23H19N3O5.Na/c1-11(27)20-19-8-16(21(23(29)30)26(19)22(20)28)13-3-4-15-14(7-13)10-24-18-5-2-12(9-25-31)6-17(15)18;/h2-7,9-11,19-20,27,31H,8H2,1H3,(H,29,30);/b25-9+;/t11-,19-,20-;/m1./s1. The Morgan fingerprint density at radius 2 is 2.03 bits per heavy atom. The number of carbonyl (C=O) groups excluding carboxylic acids is 1. The number of β-lactam (4-membered cyclic amide) rings is 1. The number of carboxylic acids is 1. The molecule has 0 bridgehead atoms. The molecule has 1 fully saturated rings. The Balaban J connectivity index is 0.00000245. The summed E-state index contributed by atoms with van der Waals surface area (Å²) in [6, 6.07) is 10.8. The van der Waals surface area contributed by atoms with Gasteiger partial charge in [-0.15, -0.1) is 0 Å². The summed E-state index contributed by atoms with van der Waals surface area (Å²) in [6.45, 7) is 1.56. The third kappa shape index (κ3) is 3.31. The molecule has 0 spiro atoms. The second-order valence-corrected chi connectivity index (χ2v) is 7.96. The summed E-state index contributed by atoms with van der Waals surface area (Å²) < 4.78 is 0. The molecule has 1 aromatic heterocycles. The number of rotatable bonds is 4.